The van der Waals surface area contributed by atoms with Crippen LogP contribution in [0.5, 0.6) is 5.88 Å². The predicted octanol–water partition coefficient (Wildman–Crippen LogP) is 3.12. The molecule has 22 heavy (non-hydrogen) atoms. The number of hydrogen-bond donors (Lipinski definition) is 1. The number of oxazole rings is 1. The maximum Gasteiger partial charge on any atom is 0.422 e. The van der Waals surface area contributed by atoms with Gasteiger partial charge in [-0.2, -0.15) is 13.2 Å². The zero-order chi connectivity index (χ0) is 15.7. The summed E-state index contributed by atoms with van der Waals surface area (Å²) in [5, 5.41) is 0. The van der Waals surface area contributed by atoms with Crippen LogP contribution in [-0.4, -0.2) is 22.8 Å². The summed E-state index contributed by atoms with van der Waals surface area (Å²) in [6.45, 7) is -1.39. The summed E-state index contributed by atoms with van der Waals surface area (Å²) in [6, 6.07) is 7.96. The van der Waals surface area contributed by atoms with Crippen LogP contribution < -0.4 is 10.5 Å². The lowest BCUT2D eigenvalue weighted by molar-refractivity contribution is -0.154. The Balaban J connectivity index is 1.83. The van der Waals surface area contributed by atoms with Gasteiger partial charge in [-0.1, -0.05) is 6.07 Å². The molecule has 0 aliphatic heterocycles. The highest BCUT2D eigenvalue weighted by atomic mass is 19.4. The topological polar surface area (TPSA) is 68.1 Å². The van der Waals surface area contributed by atoms with Gasteiger partial charge in [-0.15, -0.1) is 0 Å². The summed E-state index contributed by atoms with van der Waals surface area (Å²) in [5.41, 5.74) is 2.36. The van der Waals surface area contributed by atoms with E-state index in [1.165, 1.54) is 12.3 Å². The van der Waals surface area contributed by atoms with E-state index in [4.69, 9.17) is 4.42 Å². The van der Waals surface area contributed by atoms with Crippen LogP contribution in [0.25, 0.3) is 22.2 Å². The summed E-state index contributed by atoms with van der Waals surface area (Å²) >= 11 is 0. The largest absolute Gasteiger partial charge is 0.468 e. The standard InChI is InChI=1S/C14H9F3N2O3/c15-14(16,17)7-21-12-4-2-9(6-18-12)8-1-3-11-10(5-8)19-13(20)22-11/h1-6H,7H2,(H,19,20). The number of H-pyrrole nitrogens is 1. The number of alkyl halides is 3. The van der Waals surface area contributed by atoms with Gasteiger partial charge in [0.2, 0.25) is 5.88 Å². The van der Waals surface area contributed by atoms with E-state index >= 15 is 0 Å². The first-order valence-corrected chi connectivity index (χ1v) is 6.19. The maximum atomic E-state index is 12.0. The zero-order valence-corrected chi connectivity index (χ0v) is 11.0. The number of nitrogens with one attached hydrogen (secondary N) is 1. The first-order chi connectivity index (χ1) is 10.4. The van der Waals surface area contributed by atoms with Gasteiger partial charge in [0.25, 0.3) is 0 Å². The minimum atomic E-state index is -4.40. The second-order valence-corrected chi connectivity index (χ2v) is 4.51. The van der Waals surface area contributed by atoms with Crippen LogP contribution in [0, 0.1) is 0 Å². The molecule has 0 radical (unpaired) electrons. The molecule has 114 valence electrons. The number of fused-ring (bicyclic) bond motifs is 1. The molecule has 0 bridgehead atoms. The summed E-state index contributed by atoms with van der Waals surface area (Å²) < 4.78 is 45.6. The Labute approximate surface area is 121 Å². The number of rotatable bonds is 3. The van der Waals surface area contributed by atoms with E-state index in [0.29, 0.717) is 16.7 Å². The molecule has 3 rings (SSSR count). The fraction of sp³-hybridized carbons (Fsp3) is 0.143. The Morgan fingerprint density at radius 2 is 1.95 bits per heavy atom. The number of halogens is 3. The van der Waals surface area contributed by atoms with E-state index in [0.717, 1.165) is 5.56 Å². The summed E-state index contributed by atoms with van der Waals surface area (Å²) in [6.07, 6.45) is -3.01. The van der Waals surface area contributed by atoms with Crippen molar-refractivity contribution < 1.29 is 22.3 Å². The molecule has 0 spiro atoms. The molecular weight excluding hydrogens is 301 g/mol. The third-order valence-electron chi connectivity index (χ3n) is 2.87. The van der Waals surface area contributed by atoms with Crippen molar-refractivity contribution in [1.29, 1.82) is 0 Å². The average Bonchev–Trinajstić information content (AvgIpc) is 2.84. The zero-order valence-electron chi connectivity index (χ0n) is 11.0. The van der Waals surface area contributed by atoms with Gasteiger partial charge in [0.05, 0.1) is 5.52 Å². The maximum absolute atomic E-state index is 12.0. The van der Waals surface area contributed by atoms with Gasteiger partial charge in [0.15, 0.2) is 12.2 Å². The Bertz CT molecular complexity index is 850. The van der Waals surface area contributed by atoms with Crippen LogP contribution in [0.3, 0.4) is 0 Å². The second kappa shape index (κ2) is 5.21. The molecule has 0 saturated heterocycles. The van der Waals surface area contributed by atoms with E-state index in [1.54, 1.807) is 24.3 Å². The van der Waals surface area contributed by atoms with Crippen molar-refractivity contribution in [3.8, 4) is 17.0 Å². The van der Waals surface area contributed by atoms with Crippen LogP contribution in [0.15, 0.2) is 45.7 Å². The van der Waals surface area contributed by atoms with Crippen LogP contribution >= 0.6 is 0 Å². The molecule has 1 aromatic carbocycles. The highest BCUT2D eigenvalue weighted by molar-refractivity contribution is 5.79. The Hall–Kier alpha value is -2.77. The van der Waals surface area contributed by atoms with Gasteiger partial charge in [-0.25, -0.2) is 9.78 Å². The van der Waals surface area contributed by atoms with E-state index < -0.39 is 18.5 Å². The number of ether oxygens (including phenoxy) is 1. The van der Waals surface area contributed by atoms with Gasteiger partial charge < -0.3 is 9.15 Å². The predicted molar refractivity (Wildman–Crippen MR) is 71.6 cm³/mol. The molecule has 0 fully saturated rings. The van der Waals surface area contributed by atoms with Crippen molar-refractivity contribution in [2.24, 2.45) is 0 Å². The number of hydrogen-bond acceptors (Lipinski definition) is 4. The molecule has 3 aromatic rings. The number of nitrogens with zero attached hydrogens (tertiary/aromatic N) is 1. The first kappa shape index (κ1) is 14.2. The van der Waals surface area contributed by atoms with Crippen LogP contribution in [0.4, 0.5) is 13.2 Å². The van der Waals surface area contributed by atoms with Gasteiger partial charge in [0, 0.05) is 17.8 Å². The van der Waals surface area contributed by atoms with Crippen LogP contribution in [0.1, 0.15) is 0 Å². The number of aromatic nitrogens is 2. The van der Waals surface area contributed by atoms with E-state index in [1.807, 2.05) is 0 Å². The highest BCUT2D eigenvalue weighted by Gasteiger charge is 2.28. The number of aromatic amines is 1. The lowest BCUT2D eigenvalue weighted by Gasteiger charge is -2.08. The third-order valence-corrected chi connectivity index (χ3v) is 2.87. The van der Waals surface area contributed by atoms with Crippen LogP contribution in [0.2, 0.25) is 0 Å². The smallest absolute Gasteiger partial charge is 0.422 e. The summed E-state index contributed by atoms with van der Waals surface area (Å²) in [7, 11) is 0. The molecule has 0 unspecified atom stereocenters. The Morgan fingerprint density at radius 3 is 2.64 bits per heavy atom. The molecule has 0 saturated carbocycles. The molecule has 0 aliphatic rings. The monoisotopic (exact) mass is 310 g/mol. The van der Waals surface area contributed by atoms with Crippen molar-refractivity contribution >= 4 is 11.1 Å². The van der Waals surface area contributed by atoms with Crippen molar-refractivity contribution in [3.05, 3.63) is 47.1 Å². The molecule has 0 atom stereocenters. The normalized spacial score (nSPS) is 11.8. The molecular formula is C14H9F3N2O3. The van der Waals surface area contributed by atoms with Gasteiger partial charge >= 0.3 is 11.9 Å². The van der Waals surface area contributed by atoms with Gasteiger partial charge in [-0.05, 0) is 23.8 Å². The number of pyridine rings is 1. The lowest BCUT2D eigenvalue weighted by Crippen LogP contribution is -2.19. The molecule has 5 nitrogen and oxygen atoms in total. The van der Waals surface area contributed by atoms with Crippen LogP contribution in [-0.2, 0) is 0 Å². The first-order valence-electron chi connectivity index (χ1n) is 6.19. The number of benzene rings is 1. The van der Waals surface area contributed by atoms with E-state index in [2.05, 4.69) is 14.7 Å². The molecule has 8 heteroatoms. The van der Waals surface area contributed by atoms with Gasteiger partial charge in [0.1, 0.15) is 0 Å². The van der Waals surface area contributed by atoms with E-state index in [-0.39, 0.29) is 5.88 Å². The third kappa shape index (κ3) is 3.11. The van der Waals surface area contributed by atoms with Crippen molar-refractivity contribution in [1.82, 2.24) is 9.97 Å². The SMILES string of the molecule is O=c1[nH]c2cc(-c3ccc(OCC(F)(F)F)nc3)ccc2o1. The minimum Gasteiger partial charge on any atom is -0.468 e. The summed E-state index contributed by atoms with van der Waals surface area (Å²) in [4.78, 5) is 17.4. The van der Waals surface area contributed by atoms with Gasteiger partial charge in [-0.3, -0.25) is 4.98 Å². The quantitative estimate of drug-likeness (QED) is 0.807. The van der Waals surface area contributed by atoms with Crippen molar-refractivity contribution in [2.45, 2.75) is 6.18 Å². The molecule has 0 aliphatic carbocycles. The lowest BCUT2D eigenvalue weighted by atomic mass is 10.1. The molecule has 2 heterocycles. The highest BCUT2D eigenvalue weighted by Crippen LogP contribution is 2.24. The average molecular weight is 310 g/mol. The Kier molecular flexibility index (Phi) is 3.36. The van der Waals surface area contributed by atoms with Crippen molar-refractivity contribution in [2.75, 3.05) is 6.61 Å². The molecule has 1 N–H and O–H groups in total. The van der Waals surface area contributed by atoms with Crippen molar-refractivity contribution in [3.63, 3.8) is 0 Å². The Morgan fingerprint density at radius 1 is 1.18 bits per heavy atom. The fourth-order valence-electron chi connectivity index (χ4n) is 1.92. The fourth-order valence-corrected chi connectivity index (χ4v) is 1.92. The summed E-state index contributed by atoms with van der Waals surface area (Å²) in [5.74, 6) is -0.667. The van der Waals surface area contributed by atoms with E-state index in [9.17, 15) is 18.0 Å². The molecule has 2 aromatic heterocycles. The second-order valence-electron chi connectivity index (χ2n) is 4.51. The molecule has 0 amide bonds. The minimum absolute atomic E-state index is 0.112.